The van der Waals surface area contributed by atoms with Crippen molar-refractivity contribution in [2.45, 2.75) is 0 Å². The van der Waals surface area contributed by atoms with Crippen molar-refractivity contribution in [3.63, 3.8) is 0 Å². The standard InChI is InChI=1S/C15H8O3/c16-8-9-5-6-12-13(7-9)15(18)11-4-2-1-3-10(11)14(12)17/h1-8H. The van der Waals surface area contributed by atoms with Crippen molar-refractivity contribution in [1.82, 2.24) is 0 Å². The van der Waals surface area contributed by atoms with E-state index in [1.165, 1.54) is 12.1 Å². The average Bonchev–Trinajstić information content (AvgIpc) is 2.44. The Morgan fingerprint density at radius 1 is 0.722 bits per heavy atom. The van der Waals surface area contributed by atoms with Gasteiger partial charge in [0.25, 0.3) is 0 Å². The number of carbonyl (C=O) groups is 2. The van der Waals surface area contributed by atoms with E-state index in [9.17, 15) is 14.7 Å². The highest BCUT2D eigenvalue weighted by Gasteiger charge is 2.29. The van der Waals surface area contributed by atoms with Gasteiger partial charge in [0, 0.05) is 22.3 Å². The van der Waals surface area contributed by atoms with Crippen LogP contribution in [0, 0.1) is 6.61 Å². The molecule has 2 aromatic rings. The number of rotatable bonds is 1. The van der Waals surface area contributed by atoms with Crippen molar-refractivity contribution in [2.24, 2.45) is 0 Å². The highest BCUT2D eigenvalue weighted by atomic mass is 16.3. The summed E-state index contributed by atoms with van der Waals surface area (Å²) in [6, 6.07) is 11.3. The van der Waals surface area contributed by atoms with Crippen molar-refractivity contribution < 1.29 is 14.7 Å². The van der Waals surface area contributed by atoms with E-state index in [1.807, 2.05) is 0 Å². The normalized spacial score (nSPS) is 13.2. The molecule has 86 valence electrons. The molecule has 0 fully saturated rings. The highest BCUT2D eigenvalue weighted by Crippen LogP contribution is 2.27. The minimum absolute atomic E-state index is 0.169. The Balaban J connectivity index is 2.27. The van der Waals surface area contributed by atoms with Crippen molar-refractivity contribution in [3.05, 3.63) is 76.9 Å². The first-order valence-electron chi connectivity index (χ1n) is 5.50. The van der Waals surface area contributed by atoms with Crippen LogP contribution in [0.25, 0.3) is 0 Å². The van der Waals surface area contributed by atoms with E-state index in [4.69, 9.17) is 0 Å². The second-order valence-electron chi connectivity index (χ2n) is 4.13. The molecule has 0 aliphatic heterocycles. The van der Waals surface area contributed by atoms with Crippen LogP contribution in [0.1, 0.15) is 37.4 Å². The largest absolute Gasteiger partial charge is 0.289 e. The molecule has 2 radical (unpaired) electrons. The number of hydrogen-bond acceptors (Lipinski definition) is 2. The van der Waals surface area contributed by atoms with Gasteiger partial charge in [-0.15, -0.1) is 0 Å². The number of hydrogen-bond donors (Lipinski definition) is 0. The third-order valence-electron chi connectivity index (χ3n) is 3.09. The third kappa shape index (κ3) is 1.41. The molecule has 0 heterocycles. The van der Waals surface area contributed by atoms with Crippen LogP contribution in [0.4, 0.5) is 0 Å². The smallest absolute Gasteiger partial charge is 0.194 e. The molecule has 0 N–H and O–H groups in total. The van der Waals surface area contributed by atoms with E-state index in [1.54, 1.807) is 30.3 Å². The molecule has 1 aliphatic rings. The Morgan fingerprint density at radius 2 is 1.28 bits per heavy atom. The monoisotopic (exact) mass is 236 g/mol. The molecular weight excluding hydrogens is 228 g/mol. The number of benzene rings is 2. The van der Waals surface area contributed by atoms with E-state index in [-0.39, 0.29) is 11.6 Å². The van der Waals surface area contributed by atoms with E-state index in [2.05, 4.69) is 0 Å². The topological polar surface area (TPSA) is 54.0 Å². The molecule has 2 aromatic carbocycles. The second kappa shape index (κ2) is 3.89. The Labute approximate surface area is 104 Å². The molecule has 18 heavy (non-hydrogen) atoms. The lowest BCUT2D eigenvalue weighted by molar-refractivity contribution is 0.0979. The SMILES string of the molecule is [O][CH]c1ccc2c(c1)C(=O)c1ccccc1C2=O. The van der Waals surface area contributed by atoms with Gasteiger partial charge in [-0.05, 0) is 17.7 Å². The Hall–Kier alpha value is -2.26. The van der Waals surface area contributed by atoms with Crippen LogP contribution in [0.15, 0.2) is 42.5 Å². The van der Waals surface area contributed by atoms with Crippen molar-refractivity contribution >= 4 is 11.6 Å². The van der Waals surface area contributed by atoms with Gasteiger partial charge in [-0.3, -0.25) is 9.59 Å². The van der Waals surface area contributed by atoms with E-state index < -0.39 is 0 Å². The Morgan fingerprint density at radius 3 is 1.89 bits per heavy atom. The van der Waals surface area contributed by atoms with Crippen LogP contribution in [-0.4, -0.2) is 11.6 Å². The minimum atomic E-state index is -0.205. The van der Waals surface area contributed by atoms with Gasteiger partial charge in [-0.2, -0.15) is 0 Å². The van der Waals surface area contributed by atoms with Gasteiger partial charge in [0.2, 0.25) is 0 Å². The van der Waals surface area contributed by atoms with Crippen molar-refractivity contribution in [3.8, 4) is 0 Å². The van der Waals surface area contributed by atoms with Crippen LogP contribution >= 0.6 is 0 Å². The van der Waals surface area contributed by atoms with Crippen LogP contribution in [0.5, 0.6) is 0 Å². The lowest BCUT2D eigenvalue weighted by atomic mass is 9.83. The van der Waals surface area contributed by atoms with Crippen molar-refractivity contribution in [2.75, 3.05) is 0 Å². The van der Waals surface area contributed by atoms with Gasteiger partial charge < -0.3 is 0 Å². The predicted octanol–water partition coefficient (Wildman–Crippen LogP) is 2.40. The molecule has 0 saturated heterocycles. The molecule has 1 aliphatic carbocycles. The summed E-state index contributed by atoms with van der Waals surface area (Å²) < 4.78 is 0. The molecule has 0 saturated carbocycles. The maximum absolute atomic E-state index is 12.3. The molecular formula is C15H8O3. The quantitative estimate of drug-likeness (QED) is 0.651. The van der Waals surface area contributed by atoms with Gasteiger partial charge in [-0.25, -0.2) is 5.11 Å². The van der Waals surface area contributed by atoms with E-state index >= 15 is 0 Å². The van der Waals surface area contributed by atoms with Crippen LogP contribution in [0.2, 0.25) is 0 Å². The minimum Gasteiger partial charge on any atom is -0.289 e. The van der Waals surface area contributed by atoms with Crippen LogP contribution < -0.4 is 0 Å². The molecule has 0 amide bonds. The van der Waals surface area contributed by atoms with Gasteiger partial charge in [-0.1, -0.05) is 30.3 Å². The Bertz CT molecular complexity index is 671. The van der Waals surface area contributed by atoms with E-state index in [0.29, 0.717) is 34.4 Å². The molecule has 0 bridgehead atoms. The summed E-state index contributed by atoms with van der Waals surface area (Å²) in [5, 5.41) is 10.7. The lowest BCUT2D eigenvalue weighted by Gasteiger charge is -2.17. The summed E-state index contributed by atoms with van der Waals surface area (Å²) >= 11 is 0. The first-order chi connectivity index (χ1) is 8.72. The summed E-state index contributed by atoms with van der Waals surface area (Å²) in [5.74, 6) is -0.374. The maximum Gasteiger partial charge on any atom is 0.194 e. The third-order valence-corrected chi connectivity index (χ3v) is 3.09. The zero-order valence-electron chi connectivity index (χ0n) is 9.34. The van der Waals surface area contributed by atoms with Gasteiger partial charge in [0.15, 0.2) is 18.2 Å². The number of ketones is 2. The summed E-state index contributed by atoms with van der Waals surface area (Å²) in [6.45, 7) is 0.665. The zero-order chi connectivity index (χ0) is 12.7. The van der Waals surface area contributed by atoms with E-state index in [0.717, 1.165) is 0 Å². The fourth-order valence-corrected chi connectivity index (χ4v) is 2.19. The molecule has 0 aromatic heterocycles. The molecule has 0 atom stereocenters. The second-order valence-corrected chi connectivity index (χ2v) is 4.13. The first kappa shape index (κ1) is 10.9. The van der Waals surface area contributed by atoms with Crippen LogP contribution in [0.3, 0.4) is 0 Å². The summed E-state index contributed by atoms with van der Waals surface area (Å²) in [6.07, 6.45) is 0. The lowest BCUT2D eigenvalue weighted by Crippen LogP contribution is -2.20. The van der Waals surface area contributed by atoms with Gasteiger partial charge >= 0.3 is 0 Å². The van der Waals surface area contributed by atoms with Gasteiger partial charge in [0.05, 0.1) is 0 Å². The zero-order valence-corrected chi connectivity index (χ0v) is 9.34. The van der Waals surface area contributed by atoms with Gasteiger partial charge in [0.1, 0.15) is 0 Å². The highest BCUT2D eigenvalue weighted by molar-refractivity contribution is 6.28. The molecule has 3 nitrogen and oxygen atoms in total. The van der Waals surface area contributed by atoms with Crippen molar-refractivity contribution in [1.29, 1.82) is 0 Å². The average molecular weight is 236 g/mol. The fraction of sp³-hybridized carbons (Fsp3) is 0. The Kier molecular flexibility index (Phi) is 2.35. The molecule has 3 rings (SSSR count). The fourth-order valence-electron chi connectivity index (χ4n) is 2.19. The van der Waals surface area contributed by atoms with Crippen LogP contribution in [-0.2, 0) is 5.11 Å². The summed E-state index contributed by atoms with van der Waals surface area (Å²) in [4.78, 5) is 24.5. The maximum atomic E-state index is 12.3. The molecule has 0 spiro atoms. The predicted molar refractivity (Wildman–Crippen MR) is 63.8 cm³/mol. The molecule has 3 heteroatoms. The number of fused-ring (bicyclic) bond motifs is 2. The first-order valence-corrected chi connectivity index (χ1v) is 5.50. The number of carbonyl (C=O) groups excluding carboxylic acids is 2. The summed E-state index contributed by atoms with van der Waals surface area (Å²) in [5.41, 5.74) is 1.90. The summed E-state index contributed by atoms with van der Waals surface area (Å²) in [7, 11) is 0. The molecule has 0 unspecified atom stereocenters.